The maximum absolute atomic E-state index is 11.4. The predicted octanol–water partition coefficient (Wildman–Crippen LogP) is -0.103. The number of carbonyl (C=O) groups excluding carboxylic acids is 1. The summed E-state index contributed by atoms with van der Waals surface area (Å²) in [5.41, 5.74) is 11.6. The Bertz CT molecular complexity index is 457. The fraction of sp³-hybridized carbons (Fsp3) is 0.571. The maximum Gasteiger partial charge on any atom is 0.252 e. The lowest BCUT2D eigenvalue weighted by Crippen LogP contribution is -2.48. The number of aromatic nitrogens is 1. The monoisotopic (exact) mass is 277 g/mol. The minimum Gasteiger partial charge on any atom is -0.365 e. The van der Waals surface area contributed by atoms with Gasteiger partial charge in [-0.25, -0.2) is 4.98 Å². The van der Waals surface area contributed by atoms with E-state index in [4.69, 9.17) is 11.5 Å². The molecule has 0 radical (unpaired) electrons. The number of nitrogens with two attached hydrogens (primary N) is 2. The zero-order chi connectivity index (χ0) is 14.5. The third-order valence-corrected chi connectivity index (χ3v) is 3.70. The van der Waals surface area contributed by atoms with Crippen LogP contribution in [0.25, 0.3) is 0 Å². The molecular weight excluding hydrogens is 254 g/mol. The lowest BCUT2D eigenvalue weighted by molar-refractivity contribution is 0.1000. The molecule has 0 spiro atoms. The average Bonchev–Trinajstić information content (AvgIpc) is 2.48. The number of pyridine rings is 1. The number of primary amides is 1. The number of hydrogen-bond donors (Lipinski definition) is 2. The van der Waals surface area contributed by atoms with Crippen molar-refractivity contribution in [2.45, 2.75) is 6.92 Å². The third kappa shape index (κ3) is 3.46. The lowest BCUT2D eigenvalue weighted by atomic mass is 10.1. The summed E-state index contributed by atoms with van der Waals surface area (Å²) in [7, 11) is 0. The fourth-order valence-electron chi connectivity index (χ4n) is 2.50. The lowest BCUT2D eigenvalue weighted by Gasteiger charge is -2.36. The molecule has 1 fully saturated rings. The van der Waals surface area contributed by atoms with Crippen LogP contribution >= 0.6 is 0 Å². The molecule has 2 rings (SSSR count). The molecule has 0 bridgehead atoms. The maximum atomic E-state index is 11.4. The highest BCUT2D eigenvalue weighted by Crippen LogP contribution is 2.18. The molecule has 6 nitrogen and oxygen atoms in total. The molecule has 2 heterocycles. The van der Waals surface area contributed by atoms with Crippen LogP contribution in [0.4, 0.5) is 5.82 Å². The Labute approximate surface area is 119 Å². The van der Waals surface area contributed by atoms with Crippen LogP contribution in [0.1, 0.15) is 17.3 Å². The second-order valence-corrected chi connectivity index (χ2v) is 5.37. The molecule has 6 heteroatoms. The molecule has 4 N–H and O–H groups in total. The van der Waals surface area contributed by atoms with Gasteiger partial charge < -0.3 is 16.4 Å². The van der Waals surface area contributed by atoms with Crippen LogP contribution < -0.4 is 16.4 Å². The Kier molecular flexibility index (Phi) is 4.92. The van der Waals surface area contributed by atoms with Crippen LogP contribution in [0.3, 0.4) is 0 Å². The number of rotatable bonds is 5. The van der Waals surface area contributed by atoms with Gasteiger partial charge in [-0.2, -0.15) is 0 Å². The van der Waals surface area contributed by atoms with Gasteiger partial charge in [0.2, 0.25) is 0 Å². The zero-order valence-corrected chi connectivity index (χ0v) is 12.0. The largest absolute Gasteiger partial charge is 0.365 e. The highest BCUT2D eigenvalue weighted by atomic mass is 16.1. The molecule has 1 saturated heterocycles. The van der Waals surface area contributed by atoms with Gasteiger partial charge in [-0.3, -0.25) is 9.69 Å². The summed E-state index contributed by atoms with van der Waals surface area (Å²) in [5, 5.41) is 0. The van der Waals surface area contributed by atoms with Gasteiger partial charge in [0.05, 0.1) is 5.56 Å². The van der Waals surface area contributed by atoms with Crippen molar-refractivity contribution in [2.75, 3.05) is 44.2 Å². The first-order valence-corrected chi connectivity index (χ1v) is 7.04. The van der Waals surface area contributed by atoms with Crippen LogP contribution in [0.2, 0.25) is 0 Å². The van der Waals surface area contributed by atoms with E-state index in [0.29, 0.717) is 23.8 Å². The quantitative estimate of drug-likeness (QED) is 0.784. The van der Waals surface area contributed by atoms with E-state index >= 15 is 0 Å². The van der Waals surface area contributed by atoms with Crippen molar-refractivity contribution < 1.29 is 4.79 Å². The number of hydrogen-bond acceptors (Lipinski definition) is 5. The van der Waals surface area contributed by atoms with Gasteiger partial charge in [0.25, 0.3) is 5.91 Å². The normalized spacial score (nSPS) is 18.0. The number of carbonyl (C=O) groups is 1. The van der Waals surface area contributed by atoms with Crippen LogP contribution in [0.15, 0.2) is 18.3 Å². The fourth-order valence-corrected chi connectivity index (χ4v) is 2.50. The molecule has 1 aliphatic rings. The van der Waals surface area contributed by atoms with Gasteiger partial charge >= 0.3 is 0 Å². The van der Waals surface area contributed by atoms with Crippen molar-refractivity contribution in [3.63, 3.8) is 0 Å². The number of amides is 1. The molecule has 1 aromatic rings. The summed E-state index contributed by atoms with van der Waals surface area (Å²) in [6, 6.07) is 3.47. The molecule has 1 amide bonds. The first kappa shape index (κ1) is 14.7. The van der Waals surface area contributed by atoms with E-state index in [1.165, 1.54) is 0 Å². The Morgan fingerprint density at radius 3 is 2.70 bits per heavy atom. The Morgan fingerprint density at radius 2 is 2.10 bits per heavy atom. The summed E-state index contributed by atoms with van der Waals surface area (Å²) in [6.07, 6.45) is 1.70. The Balaban J connectivity index is 1.99. The van der Waals surface area contributed by atoms with Crippen LogP contribution in [0.5, 0.6) is 0 Å². The minimum absolute atomic E-state index is 0.424. The van der Waals surface area contributed by atoms with Crippen molar-refractivity contribution in [2.24, 2.45) is 17.4 Å². The summed E-state index contributed by atoms with van der Waals surface area (Å²) < 4.78 is 0. The van der Waals surface area contributed by atoms with Crippen LogP contribution in [-0.4, -0.2) is 55.1 Å². The molecule has 1 atom stereocenters. The van der Waals surface area contributed by atoms with Gasteiger partial charge in [0, 0.05) is 38.9 Å². The third-order valence-electron chi connectivity index (χ3n) is 3.70. The highest BCUT2D eigenvalue weighted by molar-refractivity contribution is 5.97. The molecular formula is C14H23N5O. The zero-order valence-electron chi connectivity index (χ0n) is 12.0. The second kappa shape index (κ2) is 6.67. The van der Waals surface area contributed by atoms with E-state index in [1.807, 2.05) is 0 Å². The van der Waals surface area contributed by atoms with Gasteiger partial charge in [0.1, 0.15) is 5.82 Å². The molecule has 0 saturated carbocycles. The van der Waals surface area contributed by atoms with Gasteiger partial charge in [0.15, 0.2) is 0 Å². The number of piperazine rings is 1. The van der Waals surface area contributed by atoms with Crippen molar-refractivity contribution in [1.29, 1.82) is 0 Å². The summed E-state index contributed by atoms with van der Waals surface area (Å²) in [4.78, 5) is 20.3. The van der Waals surface area contributed by atoms with E-state index in [1.54, 1.807) is 18.3 Å². The number of nitrogens with zero attached hydrogens (tertiary/aromatic N) is 3. The molecule has 1 aromatic heterocycles. The molecule has 20 heavy (non-hydrogen) atoms. The highest BCUT2D eigenvalue weighted by Gasteiger charge is 2.22. The van der Waals surface area contributed by atoms with E-state index in [0.717, 1.165) is 32.7 Å². The van der Waals surface area contributed by atoms with Crippen molar-refractivity contribution >= 4 is 11.7 Å². The van der Waals surface area contributed by atoms with Crippen LogP contribution in [0, 0.1) is 5.92 Å². The van der Waals surface area contributed by atoms with Gasteiger partial charge in [-0.15, -0.1) is 0 Å². The Morgan fingerprint density at radius 1 is 1.40 bits per heavy atom. The molecule has 1 unspecified atom stereocenters. The summed E-state index contributed by atoms with van der Waals surface area (Å²) in [5.74, 6) is 0.788. The van der Waals surface area contributed by atoms with Gasteiger partial charge in [-0.05, 0) is 24.6 Å². The van der Waals surface area contributed by atoms with Crippen molar-refractivity contribution in [3.05, 3.63) is 23.9 Å². The van der Waals surface area contributed by atoms with E-state index in [2.05, 4.69) is 21.7 Å². The van der Waals surface area contributed by atoms with Crippen molar-refractivity contribution in [1.82, 2.24) is 9.88 Å². The molecule has 1 aliphatic heterocycles. The van der Waals surface area contributed by atoms with Gasteiger partial charge in [-0.1, -0.05) is 6.92 Å². The molecule has 0 aromatic carbocycles. The molecule has 0 aliphatic carbocycles. The topological polar surface area (TPSA) is 88.5 Å². The Hall–Kier alpha value is -1.66. The van der Waals surface area contributed by atoms with E-state index in [-0.39, 0.29) is 0 Å². The smallest absolute Gasteiger partial charge is 0.252 e. The SMILES string of the molecule is CC(CN)CN1CCN(c2ncccc2C(N)=O)CC1. The summed E-state index contributed by atoms with van der Waals surface area (Å²) in [6.45, 7) is 7.53. The first-order valence-electron chi connectivity index (χ1n) is 7.04. The van der Waals surface area contributed by atoms with E-state index < -0.39 is 5.91 Å². The second-order valence-electron chi connectivity index (χ2n) is 5.37. The molecule has 110 valence electrons. The standard InChI is InChI=1S/C14H23N5O/c1-11(9-15)10-18-5-7-19(8-6-18)14-12(13(16)20)3-2-4-17-14/h2-4,11H,5-10,15H2,1H3,(H2,16,20). The van der Waals surface area contributed by atoms with Crippen molar-refractivity contribution in [3.8, 4) is 0 Å². The first-order chi connectivity index (χ1) is 9.61. The average molecular weight is 277 g/mol. The minimum atomic E-state index is -0.424. The van der Waals surface area contributed by atoms with E-state index in [9.17, 15) is 4.79 Å². The predicted molar refractivity (Wildman–Crippen MR) is 79.6 cm³/mol. The number of anilines is 1. The van der Waals surface area contributed by atoms with Crippen LogP contribution in [-0.2, 0) is 0 Å². The summed E-state index contributed by atoms with van der Waals surface area (Å²) >= 11 is 0.